The Kier molecular flexibility index (Phi) is 9.15. The van der Waals surface area contributed by atoms with Crippen LogP contribution in [0.1, 0.15) is 38.5 Å². The van der Waals surface area contributed by atoms with E-state index in [-0.39, 0.29) is 38.3 Å². The lowest BCUT2D eigenvalue weighted by Gasteiger charge is -2.28. The summed E-state index contributed by atoms with van der Waals surface area (Å²) in [6.07, 6.45) is 1.06. The third-order valence-corrected chi connectivity index (χ3v) is 4.39. The molecule has 1 heterocycles. The fraction of sp³-hybridized carbons (Fsp3) is 0.688. The quantitative estimate of drug-likeness (QED) is 0.126. The van der Waals surface area contributed by atoms with Crippen LogP contribution >= 0.6 is 0 Å². The molecule has 1 rings (SSSR count). The number of hydrogen-bond donors (Lipinski definition) is 6. The standard InChI is InChI=1S/C16H28N6O6/c17-9(5-6-12(23)24)13(25)21-10(3-1-7-20-16(18)19)14(26)22-8-2-4-11(22)15(27)28/h9-11H,1-8,17H2,(H,21,25)(H,23,24)(H,27,28)(H4,18,19,20). The summed E-state index contributed by atoms with van der Waals surface area (Å²) in [5.41, 5.74) is 16.2. The molecule has 0 spiro atoms. The zero-order chi connectivity index (χ0) is 21.3. The number of aliphatic imine (C=N–C) groups is 1. The van der Waals surface area contributed by atoms with Gasteiger partial charge in [-0.3, -0.25) is 19.4 Å². The number of amides is 2. The normalized spacial score (nSPS) is 18.2. The van der Waals surface area contributed by atoms with E-state index in [4.69, 9.17) is 22.3 Å². The molecule has 0 aromatic carbocycles. The Labute approximate surface area is 162 Å². The van der Waals surface area contributed by atoms with Gasteiger partial charge in [-0.1, -0.05) is 0 Å². The van der Waals surface area contributed by atoms with Gasteiger partial charge in [0, 0.05) is 19.5 Å². The molecule has 1 aliphatic rings. The summed E-state index contributed by atoms with van der Waals surface area (Å²) in [7, 11) is 0. The number of nitrogens with one attached hydrogen (secondary N) is 1. The Morgan fingerprint density at radius 3 is 2.43 bits per heavy atom. The van der Waals surface area contributed by atoms with Gasteiger partial charge in [0.05, 0.1) is 6.04 Å². The predicted molar refractivity (Wildman–Crippen MR) is 99.1 cm³/mol. The lowest BCUT2D eigenvalue weighted by molar-refractivity contribution is -0.149. The maximum atomic E-state index is 12.8. The second kappa shape index (κ2) is 11.1. The highest BCUT2D eigenvalue weighted by molar-refractivity contribution is 5.92. The van der Waals surface area contributed by atoms with Crippen LogP contribution in [0.5, 0.6) is 0 Å². The van der Waals surface area contributed by atoms with Crippen molar-refractivity contribution in [2.45, 2.75) is 56.7 Å². The number of nitrogens with two attached hydrogens (primary N) is 3. The number of carboxylic acids is 2. The Bertz CT molecular complexity index is 621. The number of carboxylic acid groups (broad SMARTS) is 2. The first-order chi connectivity index (χ1) is 13.1. The molecule has 3 atom stereocenters. The van der Waals surface area contributed by atoms with Crippen molar-refractivity contribution < 1.29 is 29.4 Å². The van der Waals surface area contributed by atoms with E-state index in [1.54, 1.807) is 0 Å². The predicted octanol–water partition coefficient (Wildman–Crippen LogP) is -2.21. The highest BCUT2D eigenvalue weighted by atomic mass is 16.4. The Morgan fingerprint density at radius 2 is 1.86 bits per heavy atom. The Hall–Kier alpha value is -2.89. The fourth-order valence-electron chi connectivity index (χ4n) is 2.94. The SMILES string of the molecule is NC(N)=NCCCC(NC(=O)C(N)CCC(=O)O)C(=O)N1CCCC1C(=O)O. The van der Waals surface area contributed by atoms with Crippen LogP contribution in [0.3, 0.4) is 0 Å². The number of guanidine groups is 1. The van der Waals surface area contributed by atoms with E-state index >= 15 is 0 Å². The summed E-state index contributed by atoms with van der Waals surface area (Å²) in [6, 6.07) is -3.04. The molecule has 3 unspecified atom stereocenters. The summed E-state index contributed by atoms with van der Waals surface area (Å²) in [5.74, 6) is -3.49. The molecule has 0 radical (unpaired) electrons. The van der Waals surface area contributed by atoms with Crippen molar-refractivity contribution in [3.05, 3.63) is 0 Å². The minimum atomic E-state index is -1.10. The van der Waals surface area contributed by atoms with Crippen molar-refractivity contribution >= 4 is 29.7 Å². The average molecular weight is 400 g/mol. The number of carbonyl (C=O) groups excluding carboxylic acids is 2. The van der Waals surface area contributed by atoms with Crippen LogP contribution in [0.15, 0.2) is 4.99 Å². The lowest BCUT2D eigenvalue weighted by Crippen LogP contribution is -2.54. The van der Waals surface area contributed by atoms with Crippen LogP contribution in [0.25, 0.3) is 0 Å². The molecule has 28 heavy (non-hydrogen) atoms. The van der Waals surface area contributed by atoms with E-state index in [2.05, 4.69) is 10.3 Å². The van der Waals surface area contributed by atoms with Crippen LogP contribution in [-0.4, -0.2) is 76.0 Å². The molecule has 12 nitrogen and oxygen atoms in total. The van der Waals surface area contributed by atoms with Gasteiger partial charge < -0.3 is 37.6 Å². The number of rotatable bonds is 11. The molecule has 0 aromatic rings. The van der Waals surface area contributed by atoms with Crippen LogP contribution < -0.4 is 22.5 Å². The summed E-state index contributed by atoms with van der Waals surface area (Å²) >= 11 is 0. The maximum Gasteiger partial charge on any atom is 0.326 e. The van der Waals surface area contributed by atoms with Crippen LogP contribution in [0.4, 0.5) is 0 Å². The third kappa shape index (κ3) is 7.39. The average Bonchev–Trinajstić information content (AvgIpc) is 3.11. The van der Waals surface area contributed by atoms with Gasteiger partial charge in [-0.25, -0.2) is 4.79 Å². The number of carbonyl (C=O) groups is 4. The molecule has 9 N–H and O–H groups in total. The second-order valence-electron chi connectivity index (χ2n) is 6.58. The largest absolute Gasteiger partial charge is 0.481 e. The van der Waals surface area contributed by atoms with E-state index in [1.165, 1.54) is 4.90 Å². The van der Waals surface area contributed by atoms with Crippen LogP contribution in [0, 0.1) is 0 Å². The van der Waals surface area contributed by atoms with Crippen molar-refractivity contribution in [3.63, 3.8) is 0 Å². The first-order valence-corrected chi connectivity index (χ1v) is 9.00. The van der Waals surface area contributed by atoms with Crippen LogP contribution in [-0.2, 0) is 19.2 Å². The summed E-state index contributed by atoms with van der Waals surface area (Å²) < 4.78 is 0. The smallest absolute Gasteiger partial charge is 0.326 e. The molecule has 0 aliphatic carbocycles. The summed E-state index contributed by atoms with van der Waals surface area (Å²) in [4.78, 5) is 52.1. The Morgan fingerprint density at radius 1 is 1.18 bits per heavy atom. The molecule has 2 amide bonds. The molecule has 158 valence electrons. The minimum absolute atomic E-state index is 0.0858. The van der Waals surface area contributed by atoms with E-state index in [1.807, 2.05) is 0 Å². The third-order valence-electron chi connectivity index (χ3n) is 4.39. The first kappa shape index (κ1) is 23.1. The highest BCUT2D eigenvalue weighted by Gasteiger charge is 2.37. The molecular formula is C16H28N6O6. The molecule has 1 fully saturated rings. The van der Waals surface area contributed by atoms with Gasteiger partial charge in [0.15, 0.2) is 5.96 Å². The molecule has 0 bridgehead atoms. The maximum absolute atomic E-state index is 12.8. The topological polar surface area (TPSA) is 214 Å². The lowest BCUT2D eigenvalue weighted by atomic mass is 10.1. The van der Waals surface area contributed by atoms with Gasteiger partial charge in [0.25, 0.3) is 0 Å². The van der Waals surface area contributed by atoms with E-state index in [9.17, 15) is 24.3 Å². The molecule has 1 aliphatic heterocycles. The van der Waals surface area contributed by atoms with Crippen molar-refractivity contribution in [1.82, 2.24) is 10.2 Å². The highest BCUT2D eigenvalue weighted by Crippen LogP contribution is 2.19. The molecule has 1 saturated heterocycles. The number of nitrogens with zero attached hydrogens (tertiary/aromatic N) is 2. The van der Waals surface area contributed by atoms with Crippen molar-refractivity contribution in [1.29, 1.82) is 0 Å². The Balaban J connectivity index is 2.81. The fourth-order valence-corrected chi connectivity index (χ4v) is 2.94. The van der Waals surface area contributed by atoms with E-state index < -0.39 is 41.9 Å². The minimum Gasteiger partial charge on any atom is -0.481 e. The van der Waals surface area contributed by atoms with E-state index in [0.717, 1.165) is 0 Å². The van der Waals surface area contributed by atoms with E-state index in [0.29, 0.717) is 19.3 Å². The monoisotopic (exact) mass is 400 g/mol. The van der Waals surface area contributed by atoms with Gasteiger partial charge in [0.1, 0.15) is 12.1 Å². The van der Waals surface area contributed by atoms with Gasteiger partial charge in [-0.2, -0.15) is 0 Å². The molecule has 0 saturated carbocycles. The van der Waals surface area contributed by atoms with Crippen LogP contribution in [0.2, 0.25) is 0 Å². The molecular weight excluding hydrogens is 372 g/mol. The van der Waals surface area contributed by atoms with Crippen molar-refractivity contribution in [2.75, 3.05) is 13.1 Å². The summed E-state index contributed by atoms with van der Waals surface area (Å²) in [5, 5.41) is 20.5. The number of hydrogen-bond acceptors (Lipinski definition) is 6. The zero-order valence-corrected chi connectivity index (χ0v) is 15.5. The first-order valence-electron chi connectivity index (χ1n) is 9.00. The molecule has 0 aromatic heterocycles. The van der Waals surface area contributed by atoms with Gasteiger partial charge in [-0.05, 0) is 32.1 Å². The number of aliphatic carboxylic acids is 2. The van der Waals surface area contributed by atoms with Gasteiger partial charge >= 0.3 is 11.9 Å². The van der Waals surface area contributed by atoms with Crippen molar-refractivity contribution in [2.24, 2.45) is 22.2 Å². The zero-order valence-electron chi connectivity index (χ0n) is 15.5. The summed E-state index contributed by atoms with van der Waals surface area (Å²) in [6.45, 7) is 0.510. The number of likely N-dealkylation sites (tertiary alicyclic amines) is 1. The second-order valence-corrected chi connectivity index (χ2v) is 6.58. The van der Waals surface area contributed by atoms with Gasteiger partial charge in [-0.15, -0.1) is 0 Å². The molecule has 12 heteroatoms. The van der Waals surface area contributed by atoms with Crippen molar-refractivity contribution in [3.8, 4) is 0 Å². The van der Waals surface area contributed by atoms with Gasteiger partial charge in [0.2, 0.25) is 11.8 Å².